The van der Waals surface area contributed by atoms with E-state index in [1.54, 1.807) is 19.1 Å². The maximum absolute atomic E-state index is 12.6. The zero-order chi connectivity index (χ0) is 22.7. The Kier molecular flexibility index (Phi) is 6.79. The van der Waals surface area contributed by atoms with Gasteiger partial charge in [-0.2, -0.15) is 0 Å². The smallest absolute Gasteiger partial charge is 0.338 e. The van der Waals surface area contributed by atoms with Crippen LogP contribution in [0, 0.1) is 10.1 Å². The normalized spacial score (nSPS) is 18.7. The molecule has 2 aliphatic heterocycles. The molecule has 1 aromatic carbocycles. The van der Waals surface area contributed by atoms with E-state index < -0.39 is 16.9 Å². The summed E-state index contributed by atoms with van der Waals surface area (Å²) in [7, 11) is 1.30. The second-order valence-electron chi connectivity index (χ2n) is 7.29. The van der Waals surface area contributed by atoms with Crippen LogP contribution in [0.5, 0.6) is 0 Å². The fraction of sp³-hybridized carbons (Fsp3) is 0.381. The van der Waals surface area contributed by atoms with Gasteiger partial charge in [0, 0.05) is 23.9 Å². The molecule has 164 valence electrons. The van der Waals surface area contributed by atoms with E-state index >= 15 is 0 Å². The molecule has 0 spiro atoms. The van der Waals surface area contributed by atoms with Crippen molar-refractivity contribution >= 4 is 34.5 Å². The van der Waals surface area contributed by atoms with Gasteiger partial charge in [0.15, 0.2) is 5.17 Å². The first-order chi connectivity index (χ1) is 14.8. The molecular weight excluding hydrogens is 420 g/mol. The van der Waals surface area contributed by atoms with Crippen LogP contribution >= 0.6 is 11.8 Å². The number of ether oxygens (including phenoxy) is 1. The number of nitro groups is 1. The van der Waals surface area contributed by atoms with Crippen molar-refractivity contribution in [2.75, 3.05) is 7.11 Å². The largest absolute Gasteiger partial charge is 0.466 e. The van der Waals surface area contributed by atoms with Crippen LogP contribution in [0.4, 0.5) is 5.69 Å². The summed E-state index contributed by atoms with van der Waals surface area (Å²) in [5.74, 6) is -0.667. The van der Waals surface area contributed by atoms with Crippen LogP contribution in [0.3, 0.4) is 0 Å². The third-order valence-electron chi connectivity index (χ3n) is 5.19. The number of nitro benzene ring substituents is 1. The Balaban J connectivity index is 2.00. The van der Waals surface area contributed by atoms with Crippen molar-refractivity contribution in [3.8, 4) is 0 Å². The molecule has 0 saturated heterocycles. The minimum absolute atomic E-state index is 0.0479. The number of rotatable bonds is 7. The van der Waals surface area contributed by atoms with Crippen LogP contribution < -0.4 is 5.32 Å². The molecular formula is C21H24N4O5S. The van der Waals surface area contributed by atoms with Crippen LogP contribution in [-0.4, -0.2) is 40.0 Å². The molecule has 0 fully saturated rings. The Morgan fingerprint density at radius 1 is 1.35 bits per heavy atom. The molecule has 2 atom stereocenters. The lowest BCUT2D eigenvalue weighted by molar-refractivity contribution is -0.384. The zero-order valence-electron chi connectivity index (χ0n) is 17.7. The molecule has 1 N–H and O–H groups in total. The highest BCUT2D eigenvalue weighted by Crippen LogP contribution is 2.45. The van der Waals surface area contributed by atoms with Crippen molar-refractivity contribution < 1.29 is 19.2 Å². The number of carbonyl (C=O) groups is 2. The molecule has 1 amide bonds. The second kappa shape index (κ2) is 9.34. The average Bonchev–Trinajstić information content (AvgIpc) is 3.13. The fourth-order valence-corrected chi connectivity index (χ4v) is 4.39. The standard InChI is InChI=1S/C21H24N4O5S/c1-5-12(2)22-17(26)10-16-11-31-21-23-13(3)18(20(27)30-4)19(24(16)21)14-6-8-15(9-7-14)25(28)29/h6-9,11-12,19H,5,10H2,1-4H3,(H,22,26)/t12-,19+/m0/s1. The van der Waals surface area contributed by atoms with E-state index in [9.17, 15) is 19.7 Å². The van der Waals surface area contributed by atoms with Gasteiger partial charge >= 0.3 is 5.97 Å². The van der Waals surface area contributed by atoms with Gasteiger partial charge in [-0.1, -0.05) is 18.7 Å². The van der Waals surface area contributed by atoms with Crippen LogP contribution in [0.2, 0.25) is 0 Å². The number of allylic oxidation sites excluding steroid dienone is 1. The number of esters is 1. The number of thioether (sulfide) groups is 1. The molecule has 3 rings (SSSR count). The highest BCUT2D eigenvalue weighted by atomic mass is 32.2. The molecule has 0 aromatic heterocycles. The summed E-state index contributed by atoms with van der Waals surface area (Å²) in [5, 5.41) is 16.5. The third kappa shape index (κ3) is 4.63. The summed E-state index contributed by atoms with van der Waals surface area (Å²) >= 11 is 1.37. The average molecular weight is 445 g/mol. The quantitative estimate of drug-likeness (QED) is 0.388. The number of benzene rings is 1. The predicted octanol–water partition coefficient (Wildman–Crippen LogP) is 3.65. The number of nitrogens with zero attached hydrogens (tertiary/aromatic N) is 3. The zero-order valence-corrected chi connectivity index (χ0v) is 18.6. The highest BCUT2D eigenvalue weighted by molar-refractivity contribution is 8.16. The summed E-state index contributed by atoms with van der Waals surface area (Å²) < 4.78 is 5.00. The van der Waals surface area contributed by atoms with Crippen LogP contribution in [0.25, 0.3) is 0 Å². The molecule has 2 heterocycles. The monoisotopic (exact) mass is 444 g/mol. The van der Waals surface area contributed by atoms with Crippen molar-refractivity contribution in [2.24, 2.45) is 4.99 Å². The second-order valence-corrected chi connectivity index (χ2v) is 8.12. The molecule has 9 nitrogen and oxygen atoms in total. The number of methoxy groups -OCH3 is 1. The van der Waals surface area contributed by atoms with Gasteiger partial charge in [0.25, 0.3) is 5.69 Å². The van der Waals surface area contributed by atoms with E-state index in [0.717, 1.165) is 6.42 Å². The van der Waals surface area contributed by atoms with Gasteiger partial charge in [-0.25, -0.2) is 9.79 Å². The first kappa shape index (κ1) is 22.5. The number of hydrogen-bond acceptors (Lipinski definition) is 8. The summed E-state index contributed by atoms with van der Waals surface area (Å²) in [6.45, 7) is 5.65. The molecule has 0 unspecified atom stereocenters. The molecule has 0 bridgehead atoms. The lowest BCUT2D eigenvalue weighted by Gasteiger charge is -2.36. The minimum atomic E-state index is -0.613. The number of amidine groups is 1. The van der Waals surface area contributed by atoms with Crippen molar-refractivity contribution in [2.45, 2.75) is 45.7 Å². The first-order valence-electron chi connectivity index (χ1n) is 9.83. The van der Waals surface area contributed by atoms with Gasteiger partial charge in [-0.15, -0.1) is 0 Å². The lowest BCUT2D eigenvalue weighted by atomic mass is 9.93. The lowest BCUT2D eigenvalue weighted by Crippen LogP contribution is -2.39. The van der Waals surface area contributed by atoms with Gasteiger partial charge in [0.2, 0.25) is 5.91 Å². The van der Waals surface area contributed by atoms with E-state index in [0.29, 0.717) is 27.7 Å². The van der Waals surface area contributed by atoms with Crippen molar-refractivity contribution in [1.82, 2.24) is 10.2 Å². The molecule has 2 aliphatic rings. The summed E-state index contributed by atoms with van der Waals surface area (Å²) in [5.41, 5.74) is 2.15. The third-order valence-corrected chi connectivity index (χ3v) is 6.08. The molecule has 10 heteroatoms. The maximum atomic E-state index is 12.6. The Morgan fingerprint density at radius 3 is 2.61 bits per heavy atom. The van der Waals surface area contributed by atoms with Gasteiger partial charge in [-0.05, 0) is 43.4 Å². The number of fused-ring (bicyclic) bond motifs is 1. The Labute approximate surface area is 184 Å². The Bertz CT molecular complexity index is 1000. The maximum Gasteiger partial charge on any atom is 0.338 e. The van der Waals surface area contributed by atoms with Gasteiger partial charge in [0.05, 0.1) is 35.8 Å². The van der Waals surface area contributed by atoms with E-state index in [-0.39, 0.29) is 24.1 Å². The van der Waals surface area contributed by atoms with Crippen LogP contribution in [0.1, 0.15) is 45.2 Å². The predicted molar refractivity (Wildman–Crippen MR) is 118 cm³/mol. The van der Waals surface area contributed by atoms with Gasteiger partial charge in [-0.3, -0.25) is 14.9 Å². The Morgan fingerprint density at radius 2 is 2.03 bits per heavy atom. The minimum Gasteiger partial charge on any atom is -0.466 e. The first-order valence-corrected chi connectivity index (χ1v) is 10.7. The Hall–Kier alpha value is -3.14. The van der Waals surface area contributed by atoms with E-state index in [2.05, 4.69) is 10.3 Å². The van der Waals surface area contributed by atoms with Gasteiger partial charge < -0.3 is 15.0 Å². The fourth-order valence-electron chi connectivity index (χ4n) is 3.43. The van der Waals surface area contributed by atoms with Crippen LogP contribution in [0.15, 0.2) is 51.6 Å². The van der Waals surface area contributed by atoms with E-state index in [1.807, 2.05) is 24.2 Å². The number of hydrogen-bond donors (Lipinski definition) is 1. The molecule has 1 aromatic rings. The molecule has 0 saturated carbocycles. The SMILES string of the molecule is CC[C@H](C)NC(=O)CC1=CSC2=NC(C)=C(C(=O)OC)[C@@H](c3ccc([N+](=O)[O-])cc3)N12. The van der Waals surface area contributed by atoms with Crippen LogP contribution in [-0.2, 0) is 14.3 Å². The number of nitrogens with one attached hydrogen (secondary N) is 1. The summed E-state index contributed by atoms with van der Waals surface area (Å²) in [6, 6.07) is 5.46. The molecule has 0 aliphatic carbocycles. The highest BCUT2D eigenvalue weighted by Gasteiger charge is 2.41. The van der Waals surface area contributed by atoms with E-state index in [1.165, 1.54) is 31.0 Å². The molecule has 31 heavy (non-hydrogen) atoms. The van der Waals surface area contributed by atoms with Crippen molar-refractivity contribution in [3.63, 3.8) is 0 Å². The van der Waals surface area contributed by atoms with Crippen molar-refractivity contribution in [1.29, 1.82) is 0 Å². The summed E-state index contributed by atoms with van der Waals surface area (Å²) in [6.07, 6.45) is 0.934. The van der Waals surface area contributed by atoms with Gasteiger partial charge in [0.1, 0.15) is 0 Å². The van der Waals surface area contributed by atoms with E-state index in [4.69, 9.17) is 4.74 Å². The van der Waals surface area contributed by atoms with Crippen molar-refractivity contribution in [3.05, 3.63) is 62.3 Å². The number of carbonyl (C=O) groups excluding carboxylic acids is 2. The summed E-state index contributed by atoms with van der Waals surface area (Å²) in [4.78, 5) is 42.1. The topological polar surface area (TPSA) is 114 Å². The number of non-ortho nitro benzene ring substituents is 1. The number of aliphatic imine (C=N–C) groups is 1. The molecule has 0 radical (unpaired) electrons. The number of amides is 1.